The summed E-state index contributed by atoms with van der Waals surface area (Å²) in [6.45, 7) is 8.13. The molecule has 4 nitrogen and oxygen atoms in total. The highest BCUT2D eigenvalue weighted by molar-refractivity contribution is 6.65. The molecule has 1 aliphatic heterocycles. The first-order chi connectivity index (χ1) is 10.2. The Morgan fingerprint density at radius 3 is 2.27 bits per heavy atom. The van der Waals surface area contributed by atoms with Gasteiger partial charge in [-0.3, -0.25) is 4.68 Å². The average Bonchev–Trinajstić information content (AvgIpc) is 2.92. The molecule has 1 saturated heterocycles. The third-order valence-electron chi connectivity index (χ3n) is 4.51. The van der Waals surface area contributed by atoms with Gasteiger partial charge in [0.1, 0.15) is 0 Å². The van der Waals surface area contributed by atoms with Gasteiger partial charge in [-0.15, -0.1) is 0 Å². The Morgan fingerprint density at radius 2 is 1.73 bits per heavy atom. The first-order valence-corrected chi connectivity index (χ1v) is 7.72. The molecule has 0 saturated carbocycles. The van der Waals surface area contributed by atoms with E-state index >= 15 is 0 Å². The Kier molecular flexibility index (Phi) is 3.63. The number of benzene rings is 1. The maximum absolute atomic E-state index is 6.37. The molecule has 0 bridgehead atoms. The molecule has 1 aliphatic rings. The molecule has 0 unspecified atom stereocenters. The second-order valence-electron chi connectivity index (χ2n) is 6.70. The van der Waals surface area contributed by atoms with Crippen molar-refractivity contribution in [2.45, 2.75) is 38.9 Å². The van der Waals surface area contributed by atoms with E-state index in [9.17, 15) is 0 Å². The highest BCUT2D eigenvalue weighted by atomic mass is 35.5. The fourth-order valence-corrected chi connectivity index (χ4v) is 2.63. The lowest BCUT2D eigenvalue weighted by Crippen LogP contribution is -2.41. The third kappa shape index (κ3) is 2.58. The number of halogens is 1. The van der Waals surface area contributed by atoms with E-state index in [1.165, 1.54) is 0 Å². The number of aromatic nitrogens is 2. The number of aryl methyl sites for hydroxylation is 1. The van der Waals surface area contributed by atoms with Crippen LogP contribution in [0.5, 0.6) is 0 Å². The first-order valence-electron chi connectivity index (χ1n) is 7.35. The number of rotatable bonds is 2. The van der Waals surface area contributed by atoms with Crippen molar-refractivity contribution in [2.75, 3.05) is 0 Å². The van der Waals surface area contributed by atoms with Crippen LogP contribution in [0.15, 0.2) is 30.5 Å². The molecule has 116 valence electrons. The van der Waals surface area contributed by atoms with Gasteiger partial charge in [-0.25, -0.2) is 0 Å². The Hall–Kier alpha value is -1.30. The molecule has 2 aromatic rings. The highest BCUT2D eigenvalue weighted by Crippen LogP contribution is 2.37. The third-order valence-corrected chi connectivity index (χ3v) is 4.86. The van der Waals surface area contributed by atoms with Crippen LogP contribution in [0.2, 0.25) is 5.02 Å². The Morgan fingerprint density at radius 1 is 1.09 bits per heavy atom. The summed E-state index contributed by atoms with van der Waals surface area (Å²) < 4.78 is 14.0. The van der Waals surface area contributed by atoms with E-state index < -0.39 is 7.12 Å². The maximum Gasteiger partial charge on any atom is 0.496 e. The van der Waals surface area contributed by atoms with Gasteiger partial charge in [0.25, 0.3) is 0 Å². The summed E-state index contributed by atoms with van der Waals surface area (Å²) in [6, 6.07) is 7.79. The van der Waals surface area contributed by atoms with Crippen LogP contribution < -0.4 is 5.46 Å². The van der Waals surface area contributed by atoms with Crippen molar-refractivity contribution in [3.63, 3.8) is 0 Å². The van der Waals surface area contributed by atoms with Gasteiger partial charge in [0.15, 0.2) is 0 Å². The van der Waals surface area contributed by atoms with Crippen LogP contribution in [0, 0.1) is 0 Å². The molecular formula is C16H20BClN2O2. The molecule has 0 atom stereocenters. The molecule has 0 radical (unpaired) electrons. The maximum atomic E-state index is 6.37. The van der Waals surface area contributed by atoms with E-state index in [-0.39, 0.29) is 11.2 Å². The van der Waals surface area contributed by atoms with Crippen LogP contribution in [-0.4, -0.2) is 28.1 Å². The van der Waals surface area contributed by atoms with Crippen molar-refractivity contribution >= 4 is 24.2 Å². The number of hydrogen-bond acceptors (Lipinski definition) is 3. The van der Waals surface area contributed by atoms with Crippen LogP contribution in [0.3, 0.4) is 0 Å². The summed E-state index contributed by atoms with van der Waals surface area (Å²) >= 11 is 6.37. The van der Waals surface area contributed by atoms with Crippen LogP contribution in [0.1, 0.15) is 27.7 Å². The van der Waals surface area contributed by atoms with Crippen LogP contribution in [0.4, 0.5) is 0 Å². The van der Waals surface area contributed by atoms with Crippen LogP contribution >= 0.6 is 11.6 Å². The first kappa shape index (κ1) is 15.6. The van der Waals surface area contributed by atoms with E-state index in [1.54, 1.807) is 4.68 Å². The number of nitrogens with zero attached hydrogens (tertiary/aromatic N) is 2. The van der Waals surface area contributed by atoms with Gasteiger partial charge >= 0.3 is 7.12 Å². The van der Waals surface area contributed by atoms with E-state index in [0.29, 0.717) is 5.02 Å². The van der Waals surface area contributed by atoms with Gasteiger partial charge in [-0.2, -0.15) is 5.10 Å². The lowest BCUT2D eigenvalue weighted by molar-refractivity contribution is 0.00578. The lowest BCUT2D eigenvalue weighted by atomic mass is 9.78. The summed E-state index contributed by atoms with van der Waals surface area (Å²) in [5.41, 5.74) is 1.96. The average molecular weight is 319 g/mol. The molecule has 1 aromatic heterocycles. The van der Waals surface area contributed by atoms with Crippen molar-refractivity contribution < 1.29 is 9.31 Å². The topological polar surface area (TPSA) is 36.3 Å². The Balaban J connectivity index is 1.98. The lowest BCUT2D eigenvalue weighted by Gasteiger charge is -2.32. The van der Waals surface area contributed by atoms with Crippen LogP contribution in [0.25, 0.3) is 11.3 Å². The SMILES string of the molecule is Cn1ccc(-c2ccc(Cl)c(B3OC(C)(C)C(C)(C)O3)c2)n1. The number of hydrogen-bond donors (Lipinski definition) is 0. The second kappa shape index (κ2) is 5.12. The highest BCUT2D eigenvalue weighted by Gasteiger charge is 2.52. The fraction of sp³-hybridized carbons (Fsp3) is 0.438. The fourth-order valence-electron chi connectivity index (χ4n) is 2.42. The molecule has 0 spiro atoms. The summed E-state index contributed by atoms with van der Waals surface area (Å²) in [5.74, 6) is 0. The zero-order valence-corrected chi connectivity index (χ0v) is 14.3. The molecular weight excluding hydrogens is 298 g/mol. The zero-order chi connectivity index (χ0) is 16.1. The standard InChI is InChI=1S/C16H20BClN2O2/c1-15(2)16(3,4)22-17(21-15)12-10-11(6-7-13(12)18)14-8-9-20(5)19-14/h6-10H,1-5H3. The molecule has 6 heteroatoms. The summed E-state index contributed by atoms with van der Waals surface area (Å²) in [7, 11) is 1.43. The van der Waals surface area contributed by atoms with Gasteiger partial charge in [0.05, 0.1) is 16.9 Å². The molecule has 2 heterocycles. The normalized spacial score (nSPS) is 19.6. The minimum absolute atomic E-state index is 0.387. The minimum atomic E-state index is -0.471. The monoisotopic (exact) mass is 318 g/mol. The molecule has 0 amide bonds. The second-order valence-corrected chi connectivity index (χ2v) is 7.11. The van der Waals surface area contributed by atoms with Gasteiger partial charge in [0, 0.05) is 29.3 Å². The van der Waals surface area contributed by atoms with E-state index in [4.69, 9.17) is 20.9 Å². The van der Waals surface area contributed by atoms with Gasteiger partial charge < -0.3 is 9.31 Å². The molecule has 3 rings (SSSR count). The molecule has 22 heavy (non-hydrogen) atoms. The van der Waals surface area contributed by atoms with Gasteiger partial charge in [-0.05, 0) is 39.8 Å². The molecule has 0 N–H and O–H groups in total. The molecule has 0 aliphatic carbocycles. The smallest absolute Gasteiger partial charge is 0.399 e. The predicted octanol–water partition coefficient (Wildman–Crippen LogP) is 3.04. The van der Waals surface area contributed by atoms with Gasteiger partial charge in [0.2, 0.25) is 0 Å². The van der Waals surface area contributed by atoms with E-state index in [1.807, 2.05) is 65.2 Å². The van der Waals surface area contributed by atoms with Crippen LogP contribution in [-0.2, 0) is 16.4 Å². The summed E-state index contributed by atoms with van der Waals surface area (Å²) in [4.78, 5) is 0. The largest absolute Gasteiger partial charge is 0.496 e. The Labute approximate surface area is 136 Å². The van der Waals surface area contributed by atoms with E-state index in [2.05, 4.69) is 5.10 Å². The quantitative estimate of drug-likeness (QED) is 0.799. The zero-order valence-electron chi connectivity index (χ0n) is 13.6. The molecule has 1 fully saturated rings. The van der Waals surface area contributed by atoms with Crippen molar-refractivity contribution in [3.8, 4) is 11.3 Å². The summed E-state index contributed by atoms with van der Waals surface area (Å²) in [5, 5.41) is 5.06. The van der Waals surface area contributed by atoms with Crippen molar-refractivity contribution in [2.24, 2.45) is 7.05 Å². The minimum Gasteiger partial charge on any atom is -0.399 e. The molecule has 1 aromatic carbocycles. The van der Waals surface area contributed by atoms with Crippen molar-refractivity contribution in [3.05, 3.63) is 35.5 Å². The van der Waals surface area contributed by atoms with Crippen molar-refractivity contribution in [1.82, 2.24) is 9.78 Å². The summed E-state index contributed by atoms with van der Waals surface area (Å²) in [6.07, 6.45) is 1.92. The van der Waals surface area contributed by atoms with Gasteiger partial charge in [-0.1, -0.05) is 23.7 Å². The van der Waals surface area contributed by atoms with E-state index in [0.717, 1.165) is 16.7 Å². The Bertz CT molecular complexity index is 696. The van der Waals surface area contributed by atoms with Crippen molar-refractivity contribution in [1.29, 1.82) is 0 Å². The predicted molar refractivity (Wildman–Crippen MR) is 89.4 cm³/mol.